The average molecular weight is 565 g/mol. The van der Waals surface area contributed by atoms with Crippen LogP contribution < -0.4 is 29.4 Å². The lowest BCUT2D eigenvalue weighted by Gasteiger charge is -2.27. The molecule has 3 rings (SSSR count). The fourth-order valence-electron chi connectivity index (χ4n) is 3.59. The van der Waals surface area contributed by atoms with Gasteiger partial charge in [-0.2, -0.15) is 0 Å². The van der Waals surface area contributed by atoms with Crippen LogP contribution in [0.15, 0.2) is 72.8 Å². The molecular formula is C27H40IN3P+3. The Hall–Kier alpha value is -1.30. The van der Waals surface area contributed by atoms with Crippen molar-refractivity contribution in [3.63, 3.8) is 0 Å². The van der Waals surface area contributed by atoms with Crippen LogP contribution in [0, 0.1) is 0 Å². The van der Waals surface area contributed by atoms with E-state index in [9.17, 15) is 0 Å². The van der Waals surface area contributed by atoms with Crippen LogP contribution >= 0.6 is 31.9 Å². The minimum absolute atomic E-state index is 0. The van der Waals surface area contributed by atoms with Gasteiger partial charge in [-0.05, 0) is 96.6 Å². The van der Waals surface area contributed by atoms with Gasteiger partial charge in [0.05, 0.1) is 63.4 Å². The first-order valence-electron chi connectivity index (χ1n) is 10.8. The molecule has 172 valence electrons. The minimum Gasteiger partial charge on any atom is -0.298 e. The number of hydrogen-bond donors (Lipinski definition) is 0. The summed E-state index contributed by atoms with van der Waals surface area (Å²) < 4.78 is 2.48. The second kappa shape index (κ2) is 9.90. The molecule has 5 heteroatoms. The van der Waals surface area contributed by atoms with Gasteiger partial charge in [0.25, 0.3) is 0 Å². The maximum atomic E-state index is 2.33. The smallest absolute Gasteiger partial charge is 0.132 e. The number of nitrogens with zero attached hydrogens (tertiary/aromatic N) is 3. The van der Waals surface area contributed by atoms with Crippen molar-refractivity contribution < 1.29 is 0 Å². The zero-order valence-electron chi connectivity index (χ0n) is 21.1. The van der Waals surface area contributed by atoms with E-state index in [0.717, 1.165) is 13.4 Å². The molecule has 0 aliphatic heterocycles. The summed E-state index contributed by atoms with van der Waals surface area (Å²) in [5, 5.41) is 4.18. The summed E-state index contributed by atoms with van der Waals surface area (Å²) in [6.45, 7) is 0. The van der Waals surface area contributed by atoms with Crippen LogP contribution in [0.25, 0.3) is 0 Å². The van der Waals surface area contributed by atoms with Crippen molar-refractivity contribution in [2.24, 2.45) is 0 Å². The Labute approximate surface area is 213 Å². The van der Waals surface area contributed by atoms with E-state index >= 15 is 0 Å². The van der Waals surface area contributed by atoms with E-state index in [1.165, 1.54) is 33.0 Å². The molecule has 0 heterocycles. The van der Waals surface area contributed by atoms with Crippen LogP contribution in [0.2, 0.25) is 0 Å². The van der Waals surface area contributed by atoms with E-state index in [1.807, 2.05) is 0 Å². The summed E-state index contributed by atoms with van der Waals surface area (Å²) in [5.41, 5.74) is 3.96. The van der Waals surface area contributed by atoms with Gasteiger partial charge in [-0.3, -0.25) is 13.4 Å². The minimum atomic E-state index is -0.612. The van der Waals surface area contributed by atoms with Crippen LogP contribution in [-0.4, -0.2) is 63.4 Å². The van der Waals surface area contributed by atoms with Crippen LogP contribution in [-0.2, 0) is 0 Å². The van der Waals surface area contributed by atoms with E-state index in [4.69, 9.17) is 0 Å². The molecule has 0 unspecified atom stereocenters. The van der Waals surface area contributed by atoms with Crippen molar-refractivity contribution in [2.45, 2.75) is 0 Å². The van der Waals surface area contributed by atoms with E-state index < -0.39 is 7.92 Å². The zero-order valence-corrected chi connectivity index (χ0v) is 24.4. The molecule has 0 saturated heterocycles. The molecule has 0 aliphatic carbocycles. The molecule has 0 radical (unpaired) electrons. The fraction of sp³-hybridized carbons (Fsp3) is 0.333. The highest BCUT2D eigenvalue weighted by Gasteiger charge is 2.21. The van der Waals surface area contributed by atoms with E-state index in [-0.39, 0.29) is 24.0 Å². The summed E-state index contributed by atoms with van der Waals surface area (Å²) in [6.07, 6.45) is 0. The maximum absolute atomic E-state index is 2.33. The molecule has 32 heavy (non-hydrogen) atoms. The van der Waals surface area contributed by atoms with Crippen molar-refractivity contribution in [1.82, 2.24) is 13.4 Å². The van der Waals surface area contributed by atoms with Crippen LogP contribution in [0.5, 0.6) is 0 Å². The Morgan fingerprint density at radius 1 is 0.375 bits per heavy atom. The van der Waals surface area contributed by atoms with Gasteiger partial charge >= 0.3 is 0 Å². The Bertz CT molecular complexity index is 871. The number of hydrogen-bond acceptors (Lipinski definition) is 0. The second-order valence-corrected chi connectivity index (χ2v) is 13.1. The van der Waals surface area contributed by atoms with Crippen LogP contribution in [0.4, 0.5) is 17.1 Å². The number of benzene rings is 3. The van der Waals surface area contributed by atoms with Crippen molar-refractivity contribution >= 4 is 64.9 Å². The number of rotatable bonds is 6. The highest BCUT2D eigenvalue weighted by atomic mass is 127. The first kappa shape index (κ1) is 26.9. The van der Waals surface area contributed by atoms with Crippen LogP contribution in [0.1, 0.15) is 0 Å². The molecule has 0 saturated carbocycles. The molecule has 0 amide bonds. The summed E-state index contributed by atoms with van der Waals surface area (Å²) in [5.74, 6) is 0. The average Bonchev–Trinajstić information content (AvgIpc) is 2.67. The lowest BCUT2D eigenvalue weighted by molar-refractivity contribution is 0.486. The van der Waals surface area contributed by atoms with Crippen molar-refractivity contribution in [3.8, 4) is 0 Å². The topological polar surface area (TPSA) is 0 Å². The SMILES string of the molecule is C[N+](C)(C)c1ccc(P(c2ccc([N+](C)(C)C)cc2)c2ccc([N+](C)(C)C)cc2)cc1.I. The molecule has 0 spiro atoms. The van der Waals surface area contributed by atoms with Gasteiger partial charge in [0, 0.05) is 0 Å². The fourth-order valence-corrected chi connectivity index (χ4v) is 5.83. The quantitative estimate of drug-likeness (QED) is 0.232. The van der Waals surface area contributed by atoms with Crippen molar-refractivity contribution in [2.75, 3.05) is 63.4 Å². The van der Waals surface area contributed by atoms with E-state index in [0.29, 0.717) is 0 Å². The predicted octanol–water partition coefficient (Wildman–Crippen LogP) is 4.65. The van der Waals surface area contributed by atoms with E-state index in [2.05, 4.69) is 136 Å². The summed E-state index contributed by atoms with van der Waals surface area (Å²) in [6, 6.07) is 27.7. The second-order valence-electron chi connectivity index (χ2n) is 10.9. The van der Waals surface area contributed by atoms with Gasteiger partial charge in [-0.15, -0.1) is 24.0 Å². The number of halogens is 1. The molecule has 3 aromatic carbocycles. The van der Waals surface area contributed by atoms with Gasteiger partial charge in [-0.1, -0.05) is 0 Å². The van der Waals surface area contributed by atoms with E-state index in [1.54, 1.807) is 0 Å². The summed E-state index contributed by atoms with van der Waals surface area (Å²) in [7, 11) is 19.3. The highest BCUT2D eigenvalue weighted by molar-refractivity contribution is 14.0. The molecule has 3 aromatic rings. The molecule has 0 aliphatic rings. The monoisotopic (exact) mass is 564 g/mol. The Balaban J connectivity index is 0.00000363. The standard InChI is InChI=1S/C27H39N3P.HI/c1-28(2,3)22-10-16-25(17-11-22)31(26-18-12-23(13-19-26)29(4,5)6)27-20-14-24(15-21-27)30(7,8)9;/h10-21H,1-9H3;1H/q+3;. The normalized spacial score (nSPS) is 12.6. The van der Waals surface area contributed by atoms with Gasteiger partial charge in [0.1, 0.15) is 17.1 Å². The lowest BCUT2D eigenvalue weighted by atomic mass is 10.3. The Morgan fingerprint density at radius 2 is 0.562 bits per heavy atom. The highest BCUT2D eigenvalue weighted by Crippen LogP contribution is 2.35. The Morgan fingerprint density at radius 3 is 0.719 bits per heavy atom. The molecule has 0 aromatic heterocycles. The van der Waals surface area contributed by atoms with Crippen LogP contribution in [0.3, 0.4) is 0 Å². The van der Waals surface area contributed by atoms with Gasteiger partial charge in [0.2, 0.25) is 0 Å². The molecule has 3 nitrogen and oxygen atoms in total. The maximum Gasteiger partial charge on any atom is 0.132 e. The molecular weight excluding hydrogens is 524 g/mol. The first-order valence-corrected chi connectivity index (χ1v) is 12.2. The third-order valence-electron chi connectivity index (χ3n) is 5.65. The van der Waals surface area contributed by atoms with Gasteiger partial charge in [-0.25, -0.2) is 0 Å². The zero-order chi connectivity index (χ0) is 23.0. The molecule has 0 atom stereocenters. The Kier molecular flexibility index (Phi) is 8.34. The third-order valence-corrected chi connectivity index (χ3v) is 8.09. The van der Waals surface area contributed by atoms with Gasteiger partial charge in [0.15, 0.2) is 0 Å². The van der Waals surface area contributed by atoms with Crippen molar-refractivity contribution in [3.05, 3.63) is 72.8 Å². The van der Waals surface area contributed by atoms with Gasteiger partial charge < -0.3 is 0 Å². The summed E-state index contributed by atoms with van der Waals surface area (Å²) in [4.78, 5) is 0. The largest absolute Gasteiger partial charge is 0.298 e. The number of quaternary nitrogens is 3. The lowest BCUT2D eigenvalue weighted by Crippen LogP contribution is -2.35. The molecule has 0 bridgehead atoms. The van der Waals surface area contributed by atoms with Crippen molar-refractivity contribution in [1.29, 1.82) is 0 Å². The molecule has 0 fully saturated rings. The first-order chi connectivity index (χ1) is 14.3. The summed E-state index contributed by atoms with van der Waals surface area (Å²) >= 11 is 0. The third kappa shape index (κ3) is 6.39. The molecule has 0 N–H and O–H groups in total. The predicted molar refractivity (Wildman–Crippen MR) is 159 cm³/mol.